The molecule has 168 valence electrons. The molecule has 2 atom stereocenters. The van der Waals surface area contributed by atoms with Crippen molar-refractivity contribution >= 4 is 23.0 Å². The van der Waals surface area contributed by atoms with Gasteiger partial charge in [0, 0.05) is 23.3 Å². The van der Waals surface area contributed by atoms with E-state index in [-0.39, 0.29) is 12.1 Å². The maximum atomic E-state index is 5.90. The SMILES string of the molecule is Cc1cc(C)cc(N2C(=S)NC(c3ccccn3)C2c2cc(C)n(Cc3ccco3)c2C)c1. The lowest BCUT2D eigenvalue weighted by atomic mass is 9.96. The molecule has 1 fully saturated rings. The zero-order valence-electron chi connectivity index (χ0n) is 19.4. The average molecular weight is 457 g/mol. The Morgan fingerprint density at radius 3 is 2.45 bits per heavy atom. The molecule has 5 rings (SSSR count). The van der Waals surface area contributed by atoms with Crippen LogP contribution in [0.1, 0.15) is 51.6 Å². The lowest BCUT2D eigenvalue weighted by Crippen LogP contribution is -2.29. The number of pyridine rings is 1. The van der Waals surface area contributed by atoms with E-state index >= 15 is 0 Å². The normalized spacial score (nSPS) is 18.1. The second kappa shape index (κ2) is 8.52. The number of rotatable bonds is 5. The molecule has 4 aromatic rings. The fourth-order valence-electron chi connectivity index (χ4n) is 4.97. The second-order valence-corrected chi connectivity index (χ2v) is 9.22. The van der Waals surface area contributed by atoms with Crippen LogP contribution < -0.4 is 10.2 Å². The Hall–Kier alpha value is -3.38. The molecule has 1 N–H and O–H groups in total. The number of furan rings is 1. The van der Waals surface area contributed by atoms with Crippen molar-refractivity contribution in [1.29, 1.82) is 0 Å². The summed E-state index contributed by atoms with van der Waals surface area (Å²) in [5, 5.41) is 4.29. The van der Waals surface area contributed by atoms with Crippen molar-refractivity contribution in [2.45, 2.75) is 46.3 Å². The quantitative estimate of drug-likeness (QED) is 0.377. The Labute approximate surface area is 200 Å². The van der Waals surface area contributed by atoms with E-state index in [1.54, 1.807) is 6.26 Å². The summed E-state index contributed by atoms with van der Waals surface area (Å²) in [6.45, 7) is 9.29. The Balaban J connectivity index is 1.65. The molecule has 3 aromatic heterocycles. The van der Waals surface area contributed by atoms with Gasteiger partial charge in [-0.2, -0.15) is 0 Å². The highest BCUT2D eigenvalue weighted by molar-refractivity contribution is 7.80. The van der Waals surface area contributed by atoms with Gasteiger partial charge in [-0.1, -0.05) is 12.1 Å². The molecule has 0 radical (unpaired) electrons. The van der Waals surface area contributed by atoms with Crippen molar-refractivity contribution < 1.29 is 4.42 Å². The number of thiocarbonyl (C=S) groups is 1. The standard InChI is InChI=1S/C27H28N4OS/c1-17-12-18(2)14-21(13-17)31-26(25(29-27(31)33)24-9-5-6-10-28-24)23-15-19(3)30(20(23)4)16-22-8-7-11-32-22/h5-15,25-26H,16H2,1-4H3,(H,29,33). The zero-order valence-corrected chi connectivity index (χ0v) is 20.2. The lowest BCUT2D eigenvalue weighted by Gasteiger charge is -2.28. The molecule has 0 bridgehead atoms. The third-order valence-electron chi connectivity index (χ3n) is 6.41. The van der Waals surface area contributed by atoms with Gasteiger partial charge in [0.2, 0.25) is 0 Å². The number of nitrogens with one attached hydrogen (secondary N) is 1. The number of hydrogen-bond acceptors (Lipinski definition) is 3. The summed E-state index contributed by atoms with van der Waals surface area (Å²) >= 11 is 5.90. The number of aromatic nitrogens is 2. The summed E-state index contributed by atoms with van der Waals surface area (Å²) < 4.78 is 7.94. The van der Waals surface area contributed by atoms with E-state index in [2.05, 4.69) is 77.8 Å². The Bertz CT molecular complexity index is 1270. The first-order valence-corrected chi connectivity index (χ1v) is 11.6. The van der Waals surface area contributed by atoms with Gasteiger partial charge in [0.15, 0.2) is 5.11 Å². The molecule has 0 saturated carbocycles. The van der Waals surface area contributed by atoms with Crippen LogP contribution in [0.3, 0.4) is 0 Å². The Morgan fingerprint density at radius 1 is 1.00 bits per heavy atom. The van der Waals surface area contributed by atoms with E-state index in [0.29, 0.717) is 6.54 Å². The van der Waals surface area contributed by atoms with Crippen LogP contribution in [-0.2, 0) is 6.54 Å². The van der Waals surface area contributed by atoms with Crippen molar-refractivity contribution in [3.63, 3.8) is 0 Å². The first-order valence-electron chi connectivity index (χ1n) is 11.2. The number of aryl methyl sites for hydroxylation is 3. The van der Waals surface area contributed by atoms with Gasteiger partial charge in [-0.3, -0.25) is 4.98 Å². The largest absolute Gasteiger partial charge is 0.467 e. The van der Waals surface area contributed by atoms with Crippen molar-refractivity contribution in [2.75, 3.05) is 4.90 Å². The van der Waals surface area contributed by atoms with E-state index in [9.17, 15) is 0 Å². The fourth-order valence-corrected chi connectivity index (χ4v) is 5.31. The van der Waals surface area contributed by atoms with E-state index in [1.807, 2.05) is 30.5 Å². The van der Waals surface area contributed by atoms with Crippen molar-refractivity contribution in [2.24, 2.45) is 0 Å². The monoisotopic (exact) mass is 456 g/mol. The van der Waals surface area contributed by atoms with E-state index in [0.717, 1.165) is 22.3 Å². The van der Waals surface area contributed by atoms with Crippen LogP contribution in [0.4, 0.5) is 5.69 Å². The van der Waals surface area contributed by atoms with E-state index < -0.39 is 0 Å². The molecular formula is C27H28N4OS. The average Bonchev–Trinajstić information content (AvgIpc) is 3.48. The number of nitrogens with zero attached hydrogens (tertiary/aromatic N) is 3. The topological polar surface area (TPSA) is 46.2 Å². The van der Waals surface area contributed by atoms with Gasteiger partial charge >= 0.3 is 0 Å². The van der Waals surface area contributed by atoms with Gasteiger partial charge in [0.25, 0.3) is 0 Å². The lowest BCUT2D eigenvalue weighted by molar-refractivity contribution is 0.488. The highest BCUT2D eigenvalue weighted by Gasteiger charge is 2.42. The third kappa shape index (κ3) is 3.95. The zero-order chi connectivity index (χ0) is 23.1. The van der Waals surface area contributed by atoms with Crippen LogP contribution in [0.2, 0.25) is 0 Å². The molecule has 0 aliphatic carbocycles. The van der Waals surface area contributed by atoms with Crippen LogP contribution in [0.25, 0.3) is 0 Å². The summed E-state index contributed by atoms with van der Waals surface area (Å²) in [7, 11) is 0. The van der Waals surface area contributed by atoms with Gasteiger partial charge in [0.05, 0.1) is 30.6 Å². The van der Waals surface area contributed by atoms with E-state index in [1.165, 1.54) is 28.1 Å². The van der Waals surface area contributed by atoms with Crippen molar-refractivity contribution in [3.8, 4) is 0 Å². The first kappa shape index (κ1) is 21.5. The van der Waals surface area contributed by atoms with Gasteiger partial charge in [-0.25, -0.2) is 0 Å². The van der Waals surface area contributed by atoms with Crippen LogP contribution in [0, 0.1) is 27.7 Å². The minimum Gasteiger partial charge on any atom is -0.467 e. The van der Waals surface area contributed by atoms with Gasteiger partial charge in [-0.15, -0.1) is 0 Å². The summed E-state index contributed by atoms with van der Waals surface area (Å²) in [5.41, 5.74) is 8.15. The summed E-state index contributed by atoms with van der Waals surface area (Å²) in [6.07, 6.45) is 3.57. The molecule has 4 heterocycles. The van der Waals surface area contributed by atoms with Gasteiger partial charge in [0.1, 0.15) is 5.76 Å². The van der Waals surface area contributed by atoms with Crippen molar-refractivity contribution in [1.82, 2.24) is 14.9 Å². The molecule has 0 amide bonds. The summed E-state index contributed by atoms with van der Waals surface area (Å²) in [4.78, 5) is 6.94. The van der Waals surface area contributed by atoms with Crippen LogP contribution in [-0.4, -0.2) is 14.7 Å². The second-order valence-electron chi connectivity index (χ2n) is 8.83. The Kier molecular flexibility index (Phi) is 5.54. The maximum absolute atomic E-state index is 5.90. The highest BCUT2D eigenvalue weighted by Crippen LogP contribution is 2.43. The van der Waals surface area contributed by atoms with Gasteiger partial charge in [-0.05, 0) is 99.1 Å². The number of anilines is 1. The molecule has 2 unspecified atom stereocenters. The highest BCUT2D eigenvalue weighted by atomic mass is 32.1. The summed E-state index contributed by atoms with van der Waals surface area (Å²) in [6, 6.07) is 18.8. The molecular weight excluding hydrogens is 428 g/mol. The molecule has 6 heteroatoms. The predicted molar refractivity (Wildman–Crippen MR) is 136 cm³/mol. The Morgan fingerprint density at radius 2 is 1.79 bits per heavy atom. The van der Waals surface area contributed by atoms with Crippen molar-refractivity contribution in [3.05, 3.63) is 107 Å². The predicted octanol–water partition coefficient (Wildman–Crippen LogP) is 5.94. The number of benzene rings is 1. The minimum atomic E-state index is -0.0583. The van der Waals surface area contributed by atoms with E-state index in [4.69, 9.17) is 16.6 Å². The molecule has 1 aliphatic rings. The maximum Gasteiger partial charge on any atom is 0.174 e. The molecule has 33 heavy (non-hydrogen) atoms. The molecule has 0 spiro atoms. The van der Waals surface area contributed by atoms with Crippen LogP contribution in [0.5, 0.6) is 0 Å². The number of hydrogen-bond donors (Lipinski definition) is 1. The van der Waals surface area contributed by atoms with Crippen LogP contribution >= 0.6 is 12.2 Å². The third-order valence-corrected chi connectivity index (χ3v) is 6.72. The smallest absolute Gasteiger partial charge is 0.174 e. The molecule has 5 nitrogen and oxygen atoms in total. The molecule has 1 aliphatic heterocycles. The van der Waals surface area contributed by atoms with Gasteiger partial charge < -0.3 is 19.2 Å². The first-order chi connectivity index (χ1) is 15.9. The summed E-state index contributed by atoms with van der Waals surface area (Å²) in [5.74, 6) is 0.941. The molecule has 1 aromatic carbocycles. The molecule has 1 saturated heterocycles. The minimum absolute atomic E-state index is 0.0230. The van der Waals surface area contributed by atoms with Crippen LogP contribution in [0.15, 0.2) is 71.5 Å². The fraction of sp³-hybridized carbons (Fsp3) is 0.259.